The van der Waals surface area contributed by atoms with Crippen molar-refractivity contribution in [1.82, 2.24) is 4.90 Å². The second-order valence-electron chi connectivity index (χ2n) is 5.88. The lowest BCUT2D eigenvalue weighted by atomic mass is 10.1. The number of benzene rings is 1. The SMILES string of the molecule is O=C(Nc1ccc(F)cc1)[C@H]1CC(=O)N(C2CCCC2)C1. The van der Waals surface area contributed by atoms with Crippen molar-refractivity contribution in [2.45, 2.75) is 38.1 Å². The molecule has 1 atom stereocenters. The van der Waals surface area contributed by atoms with E-state index in [1.807, 2.05) is 4.90 Å². The standard InChI is InChI=1S/C16H19FN2O2/c17-12-5-7-13(8-6-12)18-16(21)11-9-15(20)19(10-11)14-3-1-2-4-14/h5-8,11,14H,1-4,9-10H2,(H,18,21)/t11-/m0/s1. The quantitative estimate of drug-likeness (QED) is 0.930. The van der Waals surface area contributed by atoms with Gasteiger partial charge in [-0.3, -0.25) is 9.59 Å². The van der Waals surface area contributed by atoms with Crippen LogP contribution < -0.4 is 5.32 Å². The number of rotatable bonds is 3. The van der Waals surface area contributed by atoms with Gasteiger partial charge in [-0.15, -0.1) is 0 Å². The number of anilines is 1. The molecule has 1 aromatic carbocycles. The van der Waals surface area contributed by atoms with E-state index >= 15 is 0 Å². The van der Waals surface area contributed by atoms with Gasteiger partial charge in [0.25, 0.3) is 0 Å². The maximum absolute atomic E-state index is 12.8. The Morgan fingerprint density at radius 3 is 2.52 bits per heavy atom. The summed E-state index contributed by atoms with van der Waals surface area (Å²) in [5.74, 6) is -0.712. The Kier molecular flexibility index (Phi) is 3.90. The second-order valence-corrected chi connectivity index (χ2v) is 5.88. The van der Waals surface area contributed by atoms with Gasteiger partial charge < -0.3 is 10.2 Å². The van der Waals surface area contributed by atoms with Crippen LogP contribution in [0, 0.1) is 11.7 Å². The van der Waals surface area contributed by atoms with Gasteiger partial charge in [-0.2, -0.15) is 0 Å². The highest BCUT2D eigenvalue weighted by molar-refractivity contribution is 5.97. The third-order valence-corrected chi connectivity index (χ3v) is 4.41. The summed E-state index contributed by atoms with van der Waals surface area (Å²) >= 11 is 0. The number of amides is 2. The van der Waals surface area contributed by atoms with Crippen LogP contribution in [0.4, 0.5) is 10.1 Å². The minimum absolute atomic E-state index is 0.0844. The van der Waals surface area contributed by atoms with Crippen LogP contribution in [-0.4, -0.2) is 29.3 Å². The number of halogens is 1. The van der Waals surface area contributed by atoms with E-state index in [1.165, 1.54) is 37.1 Å². The molecule has 2 fully saturated rings. The Labute approximate surface area is 123 Å². The average Bonchev–Trinajstić information content (AvgIpc) is 3.10. The van der Waals surface area contributed by atoms with Crippen molar-refractivity contribution in [3.63, 3.8) is 0 Å². The predicted octanol–water partition coefficient (Wildman–Crippen LogP) is 2.56. The van der Waals surface area contributed by atoms with Crippen molar-refractivity contribution in [3.05, 3.63) is 30.1 Å². The molecule has 1 aliphatic carbocycles. The number of nitrogens with zero attached hydrogens (tertiary/aromatic N) is 1. The van der Waals surface area contributed by atoms with Crippen LogP contribution in [0.3, 0.4) is 0 Å². The zero-order valence-corrected chi connectivity index (χ0v) is 11.8. The molecule has 1 saturated carbocycles. The first-order valence-corrected chi connectivity index (χ1v) is 7.49. The highest BCUT2D eigenvalue weighted by atomic mass is 19.1. The first kappa shape index (κ1) is 14.0. The Morgan fingerprint density at radius 2 is 1.86 bits per heavy atom. The summed E-state index contributed by atoms with van der Waals surface area (Å²) in [5.41, 5.74) is 0.563. The molecule has 5 heteroatoms. The highest BCUT2D eigenvalue weighted by Crippen LogP contribution is 2.29. The number of hydrogen-bond acceptors (Lipinski definition) is 2. The van der Waals surface area contributed by atoms with Gasteiger partial charge in [0.2, 0.25) is 11.8 Å². The maximum Gasteiger partial charge on any atom is 0.229 e. The summed E-state index contributed by atoms with van der Waals surface area (Å²) in [7, 11) is 0. The van der Waals surface area contributed by atoms with Crippen molar-refractivity contribution >= 4 is 17.5 Å². The van der Waals surface area contributed by atoms with E-state index in [4.69, 9.17) is 0 Å². The molecule has 0 bridgehead atoms. The number of carbonyl (C=O) groups is 2. The van der Waals surface area contributed by atoms with Crippen LogP contribution in [-0.2, 0) is 9.59 Å². The molecule has 2 amide bonds. The predicted molar refractivity (Wildman–Crippen MR) is 77.1 cm³/mol. The van der Waals surface area contributed by atoms with Gasteiger partial charge in [0.1, 0.15) is 5.82 Å². The van der Waals surface area contributed by atoms with Crippen molar-refractivity contribution in [2.24, 2.45) is 5.92 Å². The molecule has 0 aromatic heterocycles. The van der Waals surface area contributed by atoms with Gasteiger partial charge in [-0.1, -0.05) is 12.8 Å². The van der Waals surface area contributed by atoms with Gasteiger partial charge in [-0.05, 0) is 37.1 Å². The highest BCUT2D eigenvalue weighted by Gasteiger charge is 2.38. The average molecular weight is 290 g/mol. The van der Waals surface area contributed by atoms with Gasteiger partial charge >= 0.3 is 0 Å². The molecule has 1 heterocycles. The van der Waals surface area contributed by atoms with E-state index < -0.39 is 0 Å². The first-order chi connectivity index (χ1) is 10.1. The van der Waals surface area contributed by atoms with Crippen molar-refractivity contribution < 1.29 is 14.0 Å². The van der Waals surface area contributed by atoms with Crippen molar-refractivity contribution in [2.75, 3.05) is 11.9 Å². The van der Waals surface area contributed by atoms with Crippen molar-refractivity contribution in [1.29, 1.82) is 0 Å². The van der Waals surface area contributed by atoms with Gasteiger partial charge in [0, 0.05) is 24.7 Å². The van der Waals surface area contributed by atoms with E-state index in [9.17, 15) is 14.0 Å². The third kappa shape index (κ3) is 3.06. The molecule has 1 aliphatic heterocycles. The van der Waals surface area contributed by atoms with E-state index in [2.05, 4.69) is 5.32 Å². The lowest BCUT2D eigenvalue weighted by molar-refractivity contribution is -0.129. The summed E-state index contributed by atoms with van der Waals surface area (Å²) in [6, 6.07) is 5.99. The van der Waals surface area contributed by atoms with Crippen LogP contribution in [0.5, 0.6) is 0 Å². The fraction of sp³-hybridized carbons (Fsp3) is 0.500. The zero-order chi connectivity index (χ0) is 14.8. The lowest BCUT2D eigenvalue weighted by Crippen LogP contribution is -2.35. The largest absolute Gasteiger partial charge is 0.339 e. The molecule has 0 spiro atoms. The smallest absolute Gasteiger partial charge is 0.229 e. The first-order valence-electron chi connectivity index (χ1n) is 7.49. The van der Waals surface area contributed by atoms with Crippen LogP contribution in [0.25, 0.3) is 0 Å². The Morgan fingerprint density at radius 1 is 1.19 bits per heavy atom. The van der Waals surface area contributed by atoms with Gasteiger partial charge in [0.15, 0.2) is 0 Å². The fourth-order valence-electron chi connectivity index (χ4n) is 3.25. The monoisotopic (exact) mass is 290 g/mol. The minimum atomic E-state index is -0.337. The molecule has 3 rings (SSSR count). The van der Waals surface area contributed by atoms with Gasteiger partial charge in [-0.25, -0.2) is 4.39 Å². The zero-order valence-electron chi connectivity index (χ0n) is 11.8. The number of nitrogens with one attached hydrogen (secondary N) is 1. The molecule has 1 aromatic rings. The van der Waals surface area contributed by atoms with Crippen LogP contribution in [0.1, 0.15) is 32.1 Å². The van der Waals surface area contributed by atoms with E-state index in [0.717, 1.165) is 12.8 Å². The maximum atomic E-state index is 12.8. The molecule has 0 unspecified atom stereocenters. The molecular formula is C16H19FN2O2. The van der Waals surface area contributed by atoms with Crippen LogP contribution in [0.15, 0.2) is 24.3 Å². The van der Waals surface area contributed by atoms with Crippen molar-refractivity contribution in [3.8, 4) is 0 Å². The third-order valence-electron chi connectivity index (χ3n) is 4.41. The summed E-state index contributed by atoms with van der Waals surface area (Å²) < 4.78 is 12.8. The molecule has 2 aliphatic rings. The summed E-state index contributed by atoms with van der Waals surface area (Å²) in [4.78, 5) is 26.2. The minimum Gasteiger partial charge on any atom is -0.339 e. The Hall–Kier alpha value is -1.91. The fourth-order valence-corrected chi connectivity index (χ4v) is 3.25. The normalized spacial score (nSPS) is 22.8. The molecular weight excluding hydrogens is 271 g/mol. The number of carbonyl (C=O) groups excluding carboxylic acids is 2. The van der Waals surface area contributed by atoms with Crippen LogP contribution in [0.2, 0.25) is 0 Å². The molecule has 1 saturated heterocycles. The molecule has 112 valence electrons. The van der Waals surface area contributed by atoms with E-state index in [1.54, 1.807) is 0 Å². The summed E-state index contributed by atoms with van der Waals surface area (Å²) in [6.07, 6.45) is 4.72. The summed E-state index contributed by atoms with van der Waals surface area (Å²) in [5, 5.41) is 2.76. The number of hydrogen-bond donors (Lipinski definition) is 1. The Bertz CT molecular complexity index is 538. The summed E-state index contributed by atoms with van der Waals surface area (Å²) in [6.45, 7) is 0.510. The topological polar surface area (TPSA) is 49.4 Å². The van der Waals surface area contributed by atoms with Gasteiger partial charge in [0.05, 0.1) is 5.92 Å². The van der Waals surface area contributed by atoms with E-state index in [0.29, 0.717) is 18.3 Å². The molecule has 0 radical (unpaired) electrons. The molecule has 1 N–H and O–H groups in total. The number of likely N-dealkylation sites (tertiary alicyclic amines) is 1. The molecule has 21 heavy (non-hydrogen) atoms. The van der Waals surface area contributed by atoms with E-state index in [-0.39, 0.29) is 30.0 Å². The lowest BCUT2D eigenvalue weighted by Gasteiger charge is -2.23. The Balaban J connectivity index is 1.60. The van der Waals surface area contributed by atoms with Crippen LogP contribution >= 0.6 is 0 Å². The second kappa shape index (κ2) is 5.84. The molecule has 4 nitrogen and oxygen atoms in total.